The molecule has 23 heavy (non-hydrogen) atoms. The number of aliphatic hydroxyl groups excluding tert-OH is 1. The van der Waals surface area contributed by atoms with Crippen LogP contribution in [0.25, 0.3) is 0 Å². The van der Waals surface area contributed by atoms with Crippen molar-refractivity contribution in [3.05, 3.63) is 47.2 Å². The Bertz CT molecular complexity index is 650. The molecule has 6 nitrogen and oxygen atoms in total. The number of amides is 2. The van der Waals surface area contributed by atoms with Crippen molar-refractivity contribution in [1.82, 2.24) is 15.1 Å². The summed E-state index contributed by atoms with van der Waals surface area (Å²) in [5.41, 5.74) is 1.02. The lowest BCUT2D eigenvalue weighted by Crippen LogP contribution is -2.50. The number of carbonyl (C=O) groups is 1. The fraction of sp³-hybridized carbons (Fsp3) is 0.375. The number of hydrogen-bond acceptors (Lipinski definition) is 3. The molecule has 1 aromatic heterocycles. The zero-order valence-electron chi connectivity index (χ0n) is 13.2. The molecule has 124 valence electrons. The van der Waals surface area contributed by atoms with Crippen LogP contribution in [0.2, 0.25) is 5.02 Å². The summed E-state index contributed by atoms with van der Waals surface area (Å²) >= 11 is 5.86. The van der Waals surface area contributed by atoms with Gasteiger partial charge in [0.1, 0.15) is 0 Å². The van der Waals surface area contributed by atoms with Crippen molar-refractivity contribution in [2.45, 2.75) is 32.4 Å². The third kappa shape index (κ3) is 4.97. The molecule has 1 heterocycles. The summed E-state index contributed by atoms with van der Waals surface area (Å²) in [4.78, 5) is 12.0. The molecule has 7 heteroatoms. The monoisotopic (exact) mass is 336 g/mol. The fourth-order valence-electron chi connectivity index (χ4n) is 1.97. The molecule has 2 aromatic rings. The Morgan fingerprint density at radius 2 is 2.09 bits per heavy atom. The first-order valence-electron chi connectivity index (χ1n) is 7.41. The van der Waals surface area contributed by atoms with Crippen LogP contribution in [0.15, 0.2) is 36.7 Å². The van der Waals surface area contributed by atoms with E-state index in [1.165, 1.54) is 0 Å². The molecule has 0 saturated heterocycles. The highest BCUT2D eigenvalue weighted by Gasteiger charge is 2.23. The number of nitrogens with zero attached hydrogens (tertiary/aromatic N) is 2. The van der Waals surface area contributed by atoms with Crippen molar-refractivity contribution in [3.63, 3.8) is 0 Å². The van der Waals surface area contributed by atoms with E-state index in [2.05, 4.69) is 15.7 Å². The Balaban J connectivity index is 1.94. The van der Waals surface area contributed by atoms with E-state index in [4.69, 9.17) is 11.6 Å². The van der Waals surface area contributed by atoms with E-state index in [1.54, 1.807) is 24.0 Å². The summed E-state index contributed by atoms with van der Waals surface area (Å²) in [6.45, 7) is 4.16. The molecule has 0 saturated carbocycles. The fourth-order valence-corrected chi connectivity index (χ4v) is 2.09. The van der Waals surface area contributed by atoms with E-state index in [0.29, 0.717) is 23.7 Å². The highest BCUT2D eigenvalue weighted by atomic mass is 35.5. The molecule has 0 aliphatic heterocycles. The van der Waals surface area contributed by atoms with Crippen LogP contribution >= 0.6 is 11.6 Å². The van der Waals surface area contributed by atoms with Gasteiger partial charge in [0.05, 0.1) is 30.6 Å². The second-order valence-electron chi connectivity index (χ2n) is 5.70. The first-order valence-corrected chi connectivity index (χ1v) is 7.79. The molecule has 3 N–H and O–H groups in total. The molecule has 2 rings (SSSR count). The lowest BCUT2D eigenvalue weighted by Gasteiger charge is -2.26. The van der Waals surface area contributed by atoms with E-state index in [1.807, 2.05) is 31.2 Å². The normalized spacial score (nSPS) is 13.4. The molecule has 2 amide bonds. The largest absolute Gasteiger partial charge is 0.394 e. The number of aliphatic hydroxyl groups is 1. The molecular formula is C16H21ClN4O2. The summed E-state index contributed by atoms with van der Waals surface area (Å²) in [5.74, 6) is 0. The maximum atomic E-state index is 12.0. The number of urea groups is 1. The minimum absolute atomic E-state index is 0.118. The van der Waals surface area contributed by atoms with Gasteiger partial charge < -0.3 is 15.7 Å². The van der Waals surface area contributed by atoms with Crippen LogP contribution in [0.4, 0.5) is 10.5 Å². The average Bonchev–Trinajstić information content (AvgIpc) is 2.96. The lowest BCUT2D eigenvalue weighted by molar-refractivity contribution is 0.172. The molecule has 0 aliphatic rings. The topological polar surface area (TPSA) is 79.2 Å². The predicted octanol–water partition coefficient (Wildman–Crippen LogP) is 2.87. The van der Waals surface area contributed by atoms with E-state index >= 15 is 0 Å². The molecular weight excluding hydrogens is 316 g/mol. The van der Waals surface area contributed by atoms with Gasteiger partial charge in [0.25, 0.3) is 0 Å². The van der Waals surface area contributed by atoms with Crippen molar-refractivity contribution >= 4 is 23.3 Å². The average molecular weight is 337 g/mol. The van der Waals surface area contributed by atoms with E-state index in [9.17, 15) is 9.90 Å². The maximum absolute atomic E-state index is 12.0. The Hall–Kier alpha value is -2.05. The number of aromatic nitrogens is 2. The van der Waals surface area contributed by atoms with Crippen LogP contribution in [0.1, 0.15) is 25.8 Å². The van der Waals surface area contributed by atoms with Crippen LogP contribution in [-0.2, 0) is 6.54 Å². The summed E-state index contributed by atoms with van der Waals surface area (Å²) in [5, 5.41) is 19.7. The molecule has 0 unspecified atom stereocenters. The molecule has 0 radical (unpaired) electrons. The molecule has 0 bridgehead atoms. The predicted molar refractivity (Wildman–Crippen MR) is 90.7 cm³/mol. The Morgan fingerprint density at radius 1 is 1.39 bits per heavy atom. The zero-order chi connectivity index (χ0) is 16.9. The minimum atomic E-state index is -0.636. The van der Waals surface area contributed by atoms with Gasteiger partial charge in [0.2, 0.25) is 0 Å². The highest BCUT2D eigenvalue weighted by molar-refractivity contribution is 6.30. The highest BCUT2D eigenvalue weighted by Crippen LogP contribution is 2.13. The van der Waals surface area contributed by atoms with Crippen molar-refractivity contribution in [3.8, 4) is 0 Å². The summed E-state index contributed by atoms with van der Waals surface area (Å²) in [7, 11) is 0. The van der Waals surface area contributed by atoms with Gasteiger partial charge in [0.15, 0.2) is 0 Å². The molecule has 0 fully saturated rings. The van der Waals surface area contributed by atoms with Gasteiger partial charge >= 0.3 is 6.03 Å². The van der Waals surface area contributed by atoms with Crippen LogP contribution in [-0.4, -0.2) is 33.1 Å². The molecule has 1 atom stereocenters. The second kappa shape index (κ2) is 7.48. The van der Waals surface area contributed by atoms with E-state index in [-0.39, 0.29) is 12.6 Å². The number of carbonyl (C=O) groups excluding carboxylic acids is 1. The smallest absolute Gasteiger partial charge is 0.319 e. The van der Waals surface area contributed by atoms with Gasteiger partial charge in [-0.1, -0.05) is 30.7 Å². The van der Waals surface area contributed by atoms with E-state index < -0.39 is 5.54 Å². The van der Waals surface area contributed by atoms with E-state index in [0.717, 1.165) is 5.56 Å². The Morgan fingerprint density at radius 3 is 2.70 bits per heavy atom. The van der Waals surface area contributed by atoms with Gasteiger partial charge in [-0.05, 0) is 31.0 Å². The third-order valence-corrected chi connectivity index (χ3v) is 3.95. The summed E-state index contributed by atoms with van der Waals surface area (Å²) < 4.78 is 1.73. The first-order chi connectivity index (χ1) is 10.9. The molecule has 0 spiro atoms. The molecule has 1 aromatic carbocycles. The van der Waals surface area contributed by atoms with Gasteiger partial charge in [-0.3, -0.25) is 4.68 Å². The molecule has 0 aliphatic carbocycles. The number of rotatable bonds is 6. The van der Waals surface area contributed by atoms with Crippen molar-refractivity contribution in [2.75, 3.05) is 11.9 Å². The SMILES string of the molecule is CC[C@](C)(CO)NC(=O)Nc1cnn(Cc2ccc(Cl)cc2)c1. The standard InChI is InChI=1S/C16H21ClN4O2/c1-3-16(2,11-22)20-15(23)19-14-8-18-21(10-14)9-12-4-6-13(17)7-5-12/h4-8,10,22H,3,9,11H2,1-2H3,(H2,19,20,23)/t16-/m1/s1. The van der Waals surface area contributed by atoms with Gasteiger partial charge in [-0.15, -0.1) is 0 Å². The third-order valence-electron chi connectivity index (χ3n) is 3.69. The van der Waals surface area contributed by atoms with Gasteiger partial charge in [-0.2, -0.15) is 5.10 Å². The van der Waals surface area contributed by atoms with Crippen molar-refractivity contribution < 1.29 is 9.90 Å². The number of anilines is 1. The number of benzene rings is 1. The quantitative estimate of drug-likeness (QED) is 0.759. The van der Waals surface area contributed by atoms with Gasteiger partial charge in [0, 0.05) is 11.2 Å². The van der Waals surface area contributed by atoms with Crippen molar-refractivity contribution in [1.29, 1.82) is 0 Å². The zero-order valence-corrected chi connectivity index (χ0v) is 14.0. The van der Waals surface area contributed by atoms with Crippen LogP contribution in [0.5, 0.6) is 0 Å². The number of hydrogen-bond donors (Lipinski definition) is 3. The Kier molecular flexibility index (Phi) is 5.63. The summed E-state index contributed by atoms with van der Waals surface area (Å²) in [6.07, 6.45) is 3.96. The van der Waals surface area contributed by atoms with Crippen LogP contribution in [0.3, 0.4) is 0 Å². The minimum Gasteiger partial charge on any atom is -0.394 e. The second-order valence-corrected chi connectivity index (χ2v) is 6.14. The Labute approximate surface area is 140 Å². The lowest BCUT2D eigenvalue weighted by atomic mass is 10.0. The van der Waals surface area contributed by atoms with Crippen LogP contribution in [0, 0.1) is 0 Å². The maximum Gasteiger partial charge on any atom is 0.319 e. The summed E-state index contributed by atoms with van der Waals surface area (Å²) in [6, 6.07) is 7.14. The van der Waals surface area contributed by atoms with Crippen LogP contribution < -0.4 is 10.6 Å². The van der Waals surface area contributed by atoms with Crippen molar-refractivity contribution in [2.24, 2.45) is 0 Å². The van der Waals surface area contributed by atoms with Gasteiger partial charge in [-0.25, -0.2) is 4.79 Å². The number of nitrogens with one attached hydrogen (secondary N) is 2. The first kappa shape index (κ1) is 17.3. The number of halogens is 1.